The molecule has 0 amide bonds. The topological polar surface area (TPSA) is 134 Å². The number of carbonyl (C=O) groups is 2. The molecule has 0 aromatic heterocycles. The molecule has 3 N–H and O–H groups in total. The first-order valence-electron chi connectivity index (χ1n) is 21.4. The van der Waals surface area contributed by atoms with Gasteiger partial charge in [0.25, 0.3) is 0 Å². The predicted octanol–water partition coefficient (Wildman–Crippen LogP) is 12.3. The average Bonchev–Trinajstić information content (AvgIpc) is 3.17. The van der Waals surface area contributed by atoms with Gasteiger partial charge in [0.1, 0.15) is 6.61 Å². The molecular weight excluding hydrogens is 713 g/mol. The second-order valence-electron chi connectivity index (χ2n) is 13.8. The Bertz CT molecular complexity index is 1130. The number of esters is 2. The zero-order valence-corrected chi connectivity index (χ0v) is 35.5. The van der Waals surface area contributed by atoms with Gasteiger partial charge >= 0.3 is 19.8 Å². The maximum Gasteiger partial charge on any atom is 0.472 e. The molecule has 316 valence electrons. The summed E-state index contributed by atoms with van der Waals surface area (Å²) < 4.78 is 32.7. The summed E-state index contributed by atoms with van der Waals surface area (Å²) in [5.74, 6) is -0.882. The highest BCUT2D eigenvalue weighted by Crippen LogP contribution is 2.43. The van der Waals surface area contributed by atoms with Crippen molar-refractivity contribution in [3.8, 4) is 0 Å². The van der Waals surface area contributed by atoms with Crippen molar-refractivity contribution in [2.45, 2.75) is 174 Å². The summed E-state index contributed by atoms with van der Waals surface area (Å²) in [6.45, 7) is 3.55. The second kappa shape index (κ2) is 41.1. The van der Waals surface area contributed by atoms with E-state index in [4.69, 9.17) is 24.3 Å². The highest BCUT2D eigenvalue weighted by atomic mass is 31.2. The minimum atomic E-state index is -4.39. The molecule has 9 nitrogen and oxygen atoms in total. The number of hydrogen-bond acceptors (Lipinski definition) is 8. The monoisotopic (exact) mass is 792 g/mol. The van der Waals surface area contributed by atoms with E-state index in [0.717, 1.165) is 83.5 Å². The molecule has 0 aliphatic rings. The van der Waals surface area contributed by atoms with E-state index >= 15 is 0 Å². The number of nitrogens with two attached hydrogens (primary N) is 1. The maximum absolute atomic E-state index is 12.6. The fourth-order valence-electron chi connectivity index (χ4n) is 5.42. The largest absolute Gasteiger partial charge is 0.472 e. The minimum absolute atomic E-state index is 0.0430. The number of phosphoric acid groups is 1. The molecule has 0 fully saturated rings. The molecular formula is C45H78NO8P. The van der Waals surface area contributed by atoms with Crippen LogP contribution in [0.4, 0.5) is 0 Å². The average molecular weight is 792 g/mol. The zero-order valence-electron chi connectivity index (χ0n) is 34.6. The van der Waals surface area contributed by atoms with Gasteiger partial charge in [0.05, 0.1) is 13.2 Å². The van der Waals surface area contributed by atoms with Gasteiger partial charge in [0.2, 0.25) is 0 Å². The van der Waals surface area contributed by atoms with Gasteiger partial charge in [-0.25, -0.2) is 4.57 Å². The van der Waals surface area contributed by atoms with Crippen molar-refractivity contribution in [1.29, 1.82) is 0 Å². The predicted molar refractivity (Wildman–Crippen MR) is 229 cm³/mol. The first kappa shape index (κ1) is 52.5. The molecule has 0 aromatic rings. The van der Waals surface area contributed by atoms with E-state index in [1.54, 1.807) is 0 Å². The summed E-state index contributed by atoms with van der Waals surface area (Å²) in [6, 6.07) is 0. The van der Waals surface area contributed by atoms with Crippen molar-refractivity contribution in [1.82, 2.24) is 0 Å². The highest BCUT2D eigenvalue weighted by molar-refractivity contribution is 7.47. The normalized spacial score (nSPS) is 14.0. The van der Waals surface area contributed by atoms with Crippen LogP contribution in [0.3, 0.4) is 0 Å². The van der Waals surface area contributed by atoms with Crippen LogP contribution in [-0.4, -0.2) is 49.3 Å². The lowest BCUT2D eigenvalue weighted by Gasteiger charge is -2.19. The molecule has 0 radical (unpaired) electrons. The summed E-state index contributed by atoms with van der Waals surface area (Å²) in [5.41, 5.74) is 5.34. The molecule has 0 saturated carbocycles. The molecule has 0 spiro atoms. The van der Waals surface area contributed by atoms with Gasteiger partial charge in [-0.3, -0.25) is 18.6 Å². The lowest BCUT2D eigenvalue weighted by molar-refractivity contribution is -0.161. The van der Waals surface area contributed by atoms with Crippen LogP contribution < -0.4 is 5.73 Å². The van der Waals surface area contributed by atoms with E-state index in [0.29, 0.717) is 12.8 Å². The maximum atomic E-state index is 12.6. The first-order chi connectivity index (χ1) is 26.8. The van der Waals surface area contributed by atoms with E-state index in [9.17, 15) is 19.0 Å². The van der Waals surface area contributed by atoms with Crippen LogP contribution >= 0.6 is 7.82 Å². The quantitative estimate of drug-likeness (QED) is 0.0270. The van der Waals surface area contributed by atoms with Gasteiger partial charge in [0, 0.05) is 19.4 Å². The molecule has 0 rings (SSSR count). The van der Waals surface area contributed by atoms with Gasteiger partial charge in [-0.2, -0.15) is 0 Å². The van der Waals surface area contributed by atoms with Crippen LogP contribution in [0.5, 0.6) is 0 Å². The van der Waals surface area contributed by atoms with Crippen molar-refractivity contribution in [3.63, 3.8) is 0 Å². The Kier molecular flexibility index (Phi) is 39.2. The summed E-state index contributed by atoms with van der Waals surface area (Å²) in [7, 11) is -4.39. The van der Waals surface area contributed by atoms with Crippen LogP contribution in [-0.2, 0) is 32.7 Å². The Morgan fingerprint density at radius 3 is 1.53 bits per heavy atom. The Labute approximate surface area is 335 Å². The lowest BCUT2D eigenvalue weighted by atomic mass is 10.1. The van der Waals surface area contributed by atoms with Gasteiger partial charge in [-0.1, -0.05) is 145 Å². The highest BCUT2D eigenvalue weighted by Gasteiger charge is 2.25. The van der Waals surface area contributed by atoms with Gasteiger partial charge in [-0.05, 0) is 83.5 Å². The number of allylic oxidation sites excluding steroid dienone is 12. The Balaban J connectivity index is 4.26. The molecule has 10 heteroatoms. The summed E-state index contributed by atoms with van der Waals surface area (Å²) in [6.07, 6.45) is 49.3. The summed E-state index contributed by atoms with van der Waals surface area (Å²) in [5, 5.41) is 0. The molecule has 0 aliphatic carbocycles. The van der Waals surface area contributed by atoms with Crippen molar-refractivity contribution in [2.24, 2.45) is 5.73 Å². The van der Waals surface area contributed by atoms with Crippen LogP contribution in [0.1, 0.15) is 168 Å². The summed E-state index contributed by atoms with van der Waals surface area (Å²) >= 11 is 0. The van der Waals surface area contributed by atoms with E-state index in [1.807, 2.05) is 0 Å². The van der Waals surface area contributed by atoms with Gasteiger partial charge < -0.3 is 20.1 Å². The number of ether oxygens (including phenoxy) is 2. The van der Waals surface area contributed by atoms with Crippen LogP contribution in [0.2, 0.25) is 0 Å². The molecule has 2 atom stereocenters. The van der Waals surface area contributed by atoms with E-state index in [-0.39, 0.29) is 32.6 Å². The fraction of sp³-hybridized carbons (Fsp3) is 0.689. The Morgan fingerprint density at radius 1 is 0.564 bits per heavy atom. The van der Waals surface area contributed by atoms with Crippen LogP contribution in [0.25, 0.3) is 0 Å². The molecule has 0 bridgehead atoms. The van der Waals surface area contributed by atoms with E-state index < -0.39 is 32.5 Å². The first-order valence-corrected chi connectivity index (χ1v) is 22.9. The molecule has 0 heterocycles. The molecule has 0 aliphatic heterocycles. The van der Waals surface area contributed by atoms with Crippen molar-refractivity contribution in [2.75, 3.05) is 26.4 Å². The third kappa shape index (κ3) is 40.9. The van der Waals surface area contributed by atoms with E-state index in [1.165, 1.54) is 44.9 Å². The number of phosphoric ester groups is 1. The zero-order chi connectivity index (χ0) is 40.3. The third-order valence-electron chi connectivity index (χ3n) is 8.58. The Morgan fingerprint density at radius 2 is 1.00 bits per heavy atom. The van der Waals surface area contributed by atoms with Crippen molar-refractivity contribution in [3.05, 3.63) is 72.9 Å². The Hall–Kier alpha value is -2.55. The number of carbonyl (C=O) groups excluding carboxylic acids is 2. The van der Waals surface area contributed by atoms with Crippen LogP contribution in [0, 0.1) is 0 Å². The van der Waals surface area contributed by atoms with Crippen molar-refractivity contribution >= 4 is 19.8 Å². The number of rotatable bonds is 39. The van der Waals surface area contributed by atoms with Crippen molar-refractivity contribution < 1.29 is 37.6 Å². The fourth-order valence-corrected chi connectivity index (χ4v) is 6.18. The lowest BCUT2D eigenvalue weighted by Crippen LogP contribution is -2.29. The molecule has 55 heavy (non-hydrogen) atoms. The number of unbranched alkanes of at least 4 members (excludes halogenated alkanes) is 14. The standard InChI is InChI=1S/C45H78NO8P/c1-3-5-7-9-11-13-15-17-19-20-21-22-24-26-28-30-32-34-36-38-45(48)54-43(42-53-55(49,50)52-40-39-46)41-51-44(47)37-35-33-31-29-27-25-23-18-16-14-12-10-8-6-4-2/h5,7,11,13,17-19,21-23,26,28,43H,3-4,6,8-10,12,14-16,20,24-25,27,29-42,46H2,1-2H3,(H,49,50)/b7-5-,13-11-,19-17-,22-21-,23-18-,28-26-/t43-/m1/s1. The van der Waals surface area contributed by atoms with Crippen LogP contribution in [0.15, 0.2) is 72.9 Å². The molecule has 0 saturated heterocycles. The number of hydrogen-bond donors (Lipinski definition) is 2. The van der Waals surface area contributed by atoms with E-state index in [2.05, 4.69) is 86.8 Å². The minimum Gasteiger partial charge on any atom is -0.462 e. The second-order valence-corrected chi connectivity index (χ2v) is 15.3. The SMILES string of the molecule is CC/C=C\C/C=C\C/C=C\C/C=C\C/C=C\CCCCCC(=O)O[C@H](COC(=O)CCCCCCC/C=C\CCCCCCCC)COP(=O)(O)OCCN. The molecule has 1 unspecified atom stereocenters. The smallest absolute Gasteiger partial charge is 0.462 e. The summed E-state index contributed by atoms with van der Waals surface area (Å²) in [4.78, 5) is 34.8. The molecule has 0 aromatic carbocycles. The van der Waals surface area contributed by atoms with Gasteiger partial charge in [0.15, 0.2) is 6.10 Å². The van der Waals surface area contributed by atoms with Gasteiger partial charge in [-0.15, -0.1) is 0 Å². The third-order valence-corrected chi connectivity index (χ3v) is 9.56.